The van der Waals surface area contributed by atoms with Gasteiger partial charge in [-0.3, -0.25) is 0 Å². The molecule has 0 aliphatic heterocycles. The Labute approximate surface area is 127 Å². The predicted molar refractivity (Wildman–Crippen MR) is 88.7 cm³/mol. The molecule has 0 aromatic heterocycles. The number of hydrogen-bond donors (Lipinski definition) is 1. The zero-order chi connectivity index (χ0) is 15.2. The summed E-state index contributed by atoms with van der Waals surface area (Å²) in [5.74, 6) is 0.919. The Balaban J connectivity index is 1.95. The second-order valence-corrected chi connectivity index (χ2v) is 5.82. The van der Waals surface area contributed by atoms with Crippen LogP contribution in [0.3, 0.4) is 0 Å². The molecule has 21 heavy (non-hydrogen) atoms. The van der Waals surface area contributed by atoms with Crippen molar-refractivity contribution in [3.05, 3.63) is 64.7 Å². The second-order valence-electron chi connectivity index (χ2n) is 5.82. The molecule has 0 radical (unpaired) electrons. The largest absolute Gasteiger partial charge is 0.489 e. The van der Waals surface area contributed by atoms with Crippen LogP contribution in [0.25, 0.3) is 0 Å². The standard InChI is InChI=1S/C19H25NO/c1-14-5-4-6-15(2)19(14)13-21-18-11-9-17(10-12-18)8-7-16(3)20/h4-6,9-12,16H,7-8,13,20H2,1-3H3. The van der Waals surface area contributed by atoms with Crippen molar-refractivity contribution < 1.29 is 4.74 Å². The summed E-state index contributed by atoms with van der Waals surface area (Å²) in [7, 11) is 0. The molecule has 112 valence electrons. The maximum atomic E-state index is 5.91. The van der Waals surface area contributed by atoms with Crippen molar-refractivity contribution in [1.82, 2.24) is 0 Å². The van der Waals surface area contributed by atoms with Gasteiger partial charge in [0.2, 0.25) is 0 Å². The third-order valence-electron chi connectivity index (χ3n) is 3.84. The van der Waals surface area contributed by atoms with Gasteiger partial charge in [0.1, 0.15) is 12.4 Å². The van der Waals surface area contributed by atoms with Crippen molar-refractivity contribution in [2.45, 2.75) is 46.3 Å². The van der Waals surface area contributed by atoms with Crippen molar-refractivity contribution >= 4 is 0 Å². The molecular formula is C19H25NO. The lowest BCUT2D eigenvalue weighted by atomic mass is 10.0. The van der Waals surface area contributed by atoms with E-state index >= 15 is 0 Å². The highest BCUT2D eigenvalue weighted by atomic mass is 16.5. The van der Waals surface area contributed by atoms with E-state index in [2.05, 4.69) is 44.2 Å². The maximum Gasteiger partial charge on any atom is 0.119 e. The molecule has 0 spiro atoms. The van der Waals surface area contributed by atoms with Crippen LogP contribution in [0.15, 0.2) is 42.5 Å². The van der Waals surface area contributed by atoms with Crippen molar-refractivity contribution in [1.29, 1.82) is 0 Å². The fourth-order valence-corrected chi connectivity index (χ4v) is 2.38. The van der Waals surface area contributed by atoms with Gasteiger partial charge in [0.15, 0.2) is 0 Å². The molecule has 1 unspecified atom stereocenters. The number of benzene rings is 2. The third kappa shape index (κ3) is 4.61. The third-order valence-corrected chi connectivity index (χ3v) is 3.84. The molecule has 2 heteroatoms. The average molecular weight is 283 g/mol. The Morgan fingerprint density at radius 3 is 2.19 bits per heavy atom. The second kappa shape index (κ2) is 7.28. The minimum atomic E-state index is 0.255. The van der Waals surface area contributed by atoms with E-state index in [0.717, 1.165) is 18.6 Å². The van der Waals surface area contributed by atoms with Crippen LogP contribution in [0.1, 0.15) is 35.6 Å². The molecule has 0 saturated heterocycles. The summed E-state index contributed by atoms with van der Waals surface area (Å²) < 4.78 is 5.91. The first-order chi connectivity index (χ1) is 10.1. The van der Waals surface area contributed by atoms with E-state index in [9.17, 15) is 0 Å². The van der Waals surface area contributed by atoms with Gasteiger partial charge in [0.05, 0.1) is 0 Å². The Morgan fingerprint density at radius 2 is 1.62 bits per heavy atom. The summed E-state index contributed by atoms with van der Waals surface area (Å²) in [5.41, 5.74) is 10.9. The van der Waals surface area contributed by atoms with Gasteiger partial charge in [-0.1, -0.05) is 30.3 Å². The van der Waals surface area contributed by atoms with Crippen molar-refractivity contribution in [2.75, 3.05) is 0 Å². The van der Waals surface area contributed by atoms with Crippen LogP contribution in [0, 0.1) is 13.8 Å². The summed E-state index contributed by atoms with van der Waals surface area (Å²) in [6.45, 7) is 6.92. The van der Waals surface area contributed by atoms with Crippen molar-refractivity contribution in [2.24, 2.45) is 5.73 Å². The summed E-state index contributed by atoms with van der Waals surface area (Å²) in [6, 6.07) is 14.9. The van der Waals surface area contributed by atoms with Crippen LogP contribution < -0.4 is 10.5 Å². The van der Waals surface area contributed by atoms with Gasteiger partial charge < -0.3 is 10.5 Å². The van der Waals surface area contributed by atoms with Gasteiger partial charge >= 0.3 is 0 Å². The summed E-state index contributed by atoms with van der Waals surface area (Å²) >= 11 is 0. The molecule has 1 atom stereocenters. The first-order valence-electron chi connectivity index (χ1n) is 7.58. The molecule has 2 aromatic rings. The van der Waals surface area contributed by atoms with E-state index < -0.39 is 0 Å². The van der Waals surface area contributed by atoms with Crippen LogP contribution in [0.4, 0.5) is 0 Å². The first kappa shape index (κ1) is 15.6. The predicted octanol–water partition coefficient (Wildman–Crippen LogP) is 4.16. The van der Waals surface area contributed by atoms with Crippen LogP contribution in [0.2, 0.25) is 0 Å². The monoisotopic (exact) mass is 283 g/mol. The van der Waals surface area contributed by atoms with Crippen LogP contribution in [0.5, 0.6) is 5.75 Å². The summed E-state index contributed by atoms with van der Waals surface area (Å²) in [4.78, 5) is 0. The SMILES string of the molecule is Cc1cccc(C)c1COc1ccc(CCC(C)N)cc1. The van der Waals surface area contributed by atoms with Gasteiger partial charge in [0.25, 0.3) is 0 Å². The molecule has 2 rings (SSSR count). The first-order valence-corrected chi connectivity index (χ1v) is 7.58. The van der Waals surface area contributed by atoms with Gasteiger partial charge in [-0.2, -0.15) is 0 Å². The molecule has 0 saturated carbocycles. The highest BCUT2D eigenvalue weighted by molar-refractivity contribution is 5.34. The summed E-state index contributed by atoms with van der Waals surface area (Å²) in [6.07, 6.45) is 2.04. The molecule has 0 amide bonds. The van der Waals surface area contributed by atoms with Gasteiger partial charge in [-0.25, -0.2) is 0 Å². The van der Waals surface area contributed by atoms with Crippen molar-refractivity contribution in [3.63, 3.8) is 0 Å². The van der Waals surface area contributed by atoms with E-state index in [4.69, 9.17) is 10.5 Å². The van der Waals surface area contributed by atoms with Gasteiger partial charge in [0, 0.05) is 6.04 Å². The highest BCUT2D eigenvalue weighted by Crippen LogP contribution is 2.18. The average Bonchev–Trinajstić information content (AvgIpc) is 2.46. The van der Waals surface area contributed by atoms with E-state index in [-0.39, 0.29) is 6.04 Å². The minimum absolute atomic E-state index is 0.255. The zero-order valence-corrected chi connectivity index (χ0v) is 13.2. The van der Waals surface area contributed by atoms with Gasteiger partial charge in [-0.05, 0) is 68.0 Å². The molecule has 0 aliphatic rings. The number of rotatable bonds is 6. The van der Waals surface area contributed by atoms with Crippen LogP contribution in [-0.4, -0.2) is 6.04 Å². The Bertz CT molecular complexity index is 552. The van der Waals surface area contributed by atoms with E-state index in [1.807, 2.05) is 19.1 Å². The molecule has 2 nitrogen and oxygen atoms in total. The van der Waals surface area contributed by atoms with Gasteiger partial charge in [-0.15, -0.1) is 0 Å². The lowest BCUT2D eigenvalue weighted by Gasteiger charge is -2.12. The van der Waals surface area contributed by atoms with Crippen molar-refractivity contribution in [3.8, 4) is 5.75 Å². The Hall–Kier alpha value is -1.80. The highest BCUT2D eigenvalue weighted by Gasteiger charge is 2.03. The quantitative estimate of drug-likeness (QED) is 0.864. The molecule has 0 heterocycles. The maximum absolute atomic E-state index is 5.91. The number of aryl methyl sites for hydroxylation is 3. The number of hydrogen-bond acceptors (Lipinski definition) is 2. The number of nitrogens with two attached hydrogens (primary N) is 1. The molecule has 2 aromatic carbocycles. The van der Waals surface area contributed by atoms with Crippen LogP contribution >= 0.6 is 0 Å². The van der Waals surface area contributed by atoms with E-state index in [0.29, 0.717) is 6.61 Å². The normalized spacial score (nSPS) is 12.2. The van der Waals surface area contributed by atoms with Crippen LogP contribution in [-0.2, 0) is 13.0 Å². The van der Waals surface area contributed by atoms with E-state index in [1.54, 1.807) is 0 Å². The lowest BCUT2D eigenvalue weighted by molar-refractivity contribution is 0.304. The fourth-order valence-electron chi connectivity index (χ4n) is 2.38. The molecule has 0 aliphatic carbocycles. The fraction of sp³-hybridized carbons (Fsp3) is 0.368. The molecule has 0 bridgehead atoms. The smallest absolute Gasteiger partial charge is 0.119 e. The summed E-state index contributed by atoms with van der Waals surface area (Å²) in [5, 5.41) is 0. The lowest BCUT2D eigenvalue weighted by Crippen LogP contribution is -2.15. The molecule has 0 fully saturated rings. The topological polar surface area (TPSA) is 35.2 Å². The Kier molecular flexibility index (Phi) is 5.40. The number of ether oxygens (including phenoxy) is 1. The Morgan fingerprint density at radius 1 is 1.00 bits per heavy atom. The molecule has 2 N–H and O–H groups in total. The van der Waals surface area contributed by atoms with E-state index in [1.165, 1.54) is 22.3 Å². The molecular weight excluding hydrogens is 258 g/mol. The zero-order valence-electron chi connectivity index (χ0n) is 13.2. The minimum Gasteiger partial charge on any atom is -0.489 e.